The van der Waals surface area contributed by atoms with Crippen molar-refractivity contribution in [3.63, 3.8) is 0 Å². The van der Waals surface area contributed by atoms with E-state index in [0.717, 1.165) is 25.2 Å². The van der Waals surface area contributed by atoms with E-state index in [1.807, 2.05) is 26.0 Å². The van der Waals surface area contributed by atoms with E-state index in [2.05, 4.69) is 12.2 Å². The Bertz CT molecular complexity index is 547. The molecule has 1 aliphatic rings. The van der Waals surface area contributed by atoms with Crippen LogP contribution in [0.4, 0.5) is 0 Å². The van der Waals surface area contributed by atoms with Gasteiger partial charge in [-0.1, -0.05) is 17.7 Å². The first-order valence-corrected chi connectivity index (χ1v) is 9.17. The highest BCUT2D eigenvalue weighted by atomic mass is 32.2. The molecule has 2 rings (SSSR count). The fourth-order valence-corrected chi connectivity index (χ4v) is 4.25. The molecule has 0 bridgehead atoms. The SMILES string of the molecule is Cc1ccc(S(=O)(=O)C[C@H](C)N[C@@H](C)[C@H]2CCOC2)cc1. The van der Waals surface area contributed by atoms with Gasteiger partial charge in [0.15, 0.2) is 9.84 Å². The molecule has 118 valence electrons. The average Bonchev–Trinajstić information content (AvgIpc) is 2.92. The van der Waals surface area contributed by atoms with Crippen LogP contribution in [0, 0.1) is 12.8 Å². The Morgan fingerprint density at radius 1 is 1.29 bits per heavy atom. The summed E-state index contributed by atoms with van der Waals surface area (Å²) >= 11 is 0. The number of benzene rings is 1. The van der Waals surface area contributed by atoms with Crippen LogP contribution in [0.2, 0.25) is 0 Å². The van der Waals surface area contributed by atoms with E-state index in [0.29, 0.717) is 10.8 Å². The van der Waals surface area contributed by atoms with Crippen molar-refractivity contribution in [1.82, 2.24) is 5.32 Å². The van der Waals surface area contributed by atoms with Gasteiger partial charge in [0.1, 0.15) is 0 Å². The maximum Gasteiger partial charge on any atom is 0.179 e. The van der Waals surface area contributed by atoms with Crippen LogP contribution in [0.3, 0.4) is 0 Å². The van der Waals surface area contributed by atoms with Gasteiger partial charge in [0, 0.05) is 18.7 Å². The summed E-state index contributed by atoms with van der Waals surface area (Å²) in [5, 5.41) is 3.40. The van der Waals surface area contributed by atoms with Crippen molar-refractivity contribution in [1.29, 1.82) is 0 Å². The summed E-state index contributed by atoms with van der Waals surface area (Å²) < 4.78 is 30.2. The maximum atomic E-state index is 12.4. The average molecular weight is 311 g/mol. The Labute approximate surface area is 127 Å². The minimum atomic E-state index is -3.24. The number of sulfone groups is 1. The predicted octanol–water partition coefficient (Wildman–Crippen LogP) is 2.17. The minimum absolute atomic E-state index is 0.0769. The standard InChI is InChI=1S/C16H25NO3S/c1-12-4-6-16(7-5-12)21(18,19)11-13(2)17-14(3)15-8-9-20-10-15/h4-7,13-15,17H,8-11H2,1-3H3/t13-,14-,15-/m0/s1. The van der Waals surface area contributed by atoms with Gasteiger partial charge >= 0.3 is 0 Å². The first kappa shape index (κ1) is 16.5. The van der Waals surface area contributed by atoms with Crippen molar-refractivity contribution >= 4 is 9.84 Å². The lowest BCUT2D eigenvalue weighted by atomic mass is 10.0. The zero-order chi connectivity index (χ0) is 15.5. The molecule has 1 N–H and O–H groups in total. The van der Waals surface area contributed by atoms with Gasteiger partial charge in [-0.05, 0) is 45.2 Å². The Hall–Kier alpha value is -0.910. The molecular formula is C16H25NO3S. The van der Waals surface area contributed by atoms with Crippen molar-refractivity contribution < 1.29 is 13.2 Å². The number of ether oxygens (including phenoxy) is 1. The second-order valence-electron chi connectivity index (χ2n) is 6.07. The molecule has 1 aromatic carbocycles. The summed E-state index contributed by atoms with van der Waals surface area (Å²) in [6.45, 7) is 7.57. The van der Waals surface area contributed by atoms with Crippen molar-refractivity contribution in [3.8, 4) is 0 Å². The molecule has 1 heterocycles. The summed E-state index contributed by atoms with van der Waals surface area (Å²) in [4.78, 5) is 0.401. The van der Waals surface area contributed by atoms with Crippen LogP contribution >= 0.6 is 0 Å². The van der Waals surface area contributed by atoms with Gasteiger partial charge < -0.3 is 10.1 Å². The van der Waals surface area contributed by atoms with E-state index in [-0.39, 0.29) is 17.8 Å². The molecule has 0 amide bonds. The van der Waals surface area contributed by atoms with Crippen molar-refractivity contribution in [2.45, 2.75) is 44.2 Å². The number of hydrogen-bond acceptors (Lipinski definition) is 4. The quantitative estimate of drug-likeness (QED) is 0.875. The van der Waals surface area contributed by atoms with Gasteiger partial charge in [-0.25, -0.2) is 8.42 Å². The fraction of sp³-hybridized carbons (Fsp3) is 0.625. The molecule has 0 aromatic heterocycles. The third-order valence-corrected chi connectivity index (χ3v) is 6.00. The van der Waals surface area contributed by atoms with Gasteiger partial charge in [-0.2, -0.15) is 0 Å². The smallest absolute Gasteiger partial charge is 0.179 e. The second kappa shape index (κ2) is 6.90. The Kier molecular flexibility index (Phi) is 5.41. The minimum Gasteiger partial charge on any atom is -0.381 e. The monoisotopic (exact) mass is 311 g/mol. The van der Waals surface area contributed by atoms with Gasteiger partial charge in [0.05, 0.1) is 17.3 Å². The van der Waals surface area contributed by atoms with Crippen LogP contribution in [-0.2, 0) is 14.6 Å². The van der Waals surface area contributed by atoms with E-state index < -0.39 is 9.84 Å². The zero-order valence-corrected chi connectivity index (χ0v) is 13.8. The molecule has 0 unspecified atom stereocenters. The molecule has 0 aliphatic carbocycles. The Morgan fingerprint density at radius 2 is 1.95 bits per heavy atom. The normalized spacial score (nSPS) is 22.1. The van der Waals surface area contributed by atoms with Crippen molar-refractivity contribution in [2.24, 2.45) is 5.92 Å². The first-order chi connectivity index (χ1) is 9.88. The molecule has 4 nitrogen and oxygen atoms in total. The molecule has 0 spiro atoms. The highest BCUT2D eigenvalue weighted by molar-refractivity contribution is 7.91. The highest BCUT2D eigenvalue weighted by Crippen LogP contribution is 2.18. The van der Waals surface area contributed by atoms with Gasteiger partial charge in [-0.3, -0.25) is 0 Å². The summed E-state index contributed by atoms with van der Waals surface area (Å²) in [6, 6.07) is 7.24. The predicted molar refractivity (Wildman–Crippen MR) is 84.2 cm³/mol. The molecule has 5 heteroatoms. The van der Waals surface area contributed by atoms with E-state index >= 15 is 0 Å². The van der Waals surface area contributed by atoms with Crippen LogP contribution < -0.4 is 5.32 Å². The fourth-order valence-electron chi connectivity index (χ4n) is 2.75. The summed E-state index contributed by atoms with van der Waals surface area (Å²) in [7, 11) is -3.24. The third-order valence-electron chi connectivity index (χ3n) is 4.07. The largest absolute Gasteiger partial charge is 0.381 e. The molecule has 1 aromatic rings. The van der Waals surface area contributed by atoms with E-state index in [1.54, 1.807) is 12.1 Å². The van der Waals surface area contributed by atoms with E-state index in [1.165, 1.54) is 0 Å². The van der Waals surface area contributed by atoms with E-state index in [9.17, 15) is 8.42 Å². The van der Waals surface area contributed by atoms with Gasteiger partial charge in [0.2, 0.25) is 0 Å². The van der Waals surface area contributed by atoms with Crippen LogP contribution in [0.5, 0.6) is 0 Å². The lowest BCUT2D eigenvalue weighted by molar-refractivity contribution is 0.177. The molecule has 1 aliphatic heterocycles. The molecule has 21 heavy (non-hydrogen) atoms. The highest BCUT2D eigenvalue weighted by Gasteiger charge is 2.25. The molecule has 1 saturated heterocycles. The summed E-state index contributed by atoms with van der Waals surface area (Å²) in [5.41, 5.74) is 1.06. The third kappa shape index (κ3) is 4.53. The molecule has 0 saturated carbocycles. The van der Waals surface area contributed by atoms with E-state index in [4.69, 9.17) is 4.74 Å². The first-order valence-electron chi connectivity index (χ1n) is 7.51. The van der Waals surface area contributed by atoms with Crippen molar-refractivity contribution in [3.05, 3.63) is 29.8 Å². The number of hydrogen-bond donors (Lipinski definition) is 1. The Balaban J connectivity index is 1.94. The van der Waals surface area contributed by atoms with Crippen LogP contribution in [0.1, 0.15) is 25.8 Å². The number of rotatable bonds is 6. The number of nitrogens with one attached hydrogen (secondary N) is 1. The summed E-state index contributed by atoms with van der Waals surface area (Å²) in [5.74, 6) is 0.600. The lowest BCUT2D eigenvalue weighted by Gasteiger charge is -2.24. The van der Waals surface area contributed by atoms with Crippen LogP contribution in [-0.4, -0.2) is 39.5 Å². The second-order valence-corrected chi connectivity index (χ2v) is 8.11. The summed E-state index contributed by atoms with van der Waals surface area (Å²) in [6.07, 6.45) is 1.05. The molecule has 3 atom stereocenters. The van der Waals surface area contributed by atoms with Gasteiger partial charge in [-0.15, -0.1) is 0 Å². The maximum absolute atomic E-state index is 12.4. The molecule has 1 fully saturated rings. The molecular weight excluding hydrogens is 286 g/mol. The number of aryl methyl sites for hydroxylation is 1. The van der Waals surface area contributed by atoms with Gasteiger partial charge in [0.25, 0.3) is 0 Å². The molecule has 0 radical (unpaired) electrons. The van der Waals surface area contributed by atoms with Crippen LogP contribution in [0.15, 0.2) is 29.2 Å². The zero-order valence-electron chi connectivity index (χ0n) is 13.0. The van der Waals surface area contributed by atoms with Crippen LogP contribution in [0.25, 0.3) is 0 Å². The topological polar surface area (TPSA) is 55.4 Å². The van der Waals surface area contributed by atoms with Crippen molar-refractivity contribution in [2.75, 3.05) is 19.0 Å². The Morgan fingerprint density at radius 3 is 2.52 bits per heavy atom. The lowest BCUT2D eigenvalue weighted by Crippen LogP contribution is -2.43.